The van der Waals surface area contributed by atoms with Crippen LogP contribution in [-0.2, 0) is 16.2 Å². The van der Waals surface area contributed by atoms with Crippen LogP contribution in [0.25, 0.3) is 10.9 Å². The van der Waals surface area contributed by atoms with Crippen LogP contribution in [0.1, 0.15) is 5.56 Å². The second-order valence-corrected chi connectivity index (χ2v) is 7.98. The molecule has 1 aromatic carbocycles. The van der Waals surface area contributed by atoms with Crippen molar-refractivity contribution < 1.29 is 21.6 Å². The summed E-state index contributed by atoms with van der Waals surface area (Å²) in [6, 6.07) is 3.79. The van der Waals surface area contributed by atoms with Gasteiger partial charge in [-0.1, -0.05) is 0 Å². The fourth-order valence-corrected chi connectivity index (χ4v) is 5.21. The molecule has 10 heteroatoms. The van der Waals surface area contributed by atoms with Crippen molar-refractivity contribution in [3.05, 3.63) is 40.2 Å². The highest BCUT2D eigenvalue weighted by Gasteiger charge is 2.34. The summed E-state index contributed by atoms with van der Waals surface area (Å²) < 4.78 is 65.5. The smallest absolute Gasteiger partial charge is 0.322 e. The van der Waals surface area contributed by atoms with E-state index >= 15 is 0 Å². The number of hydrogen-bond donors (Lipinski definition) is 1. The van der Waals surface area contributed by atoms with Crippen molar-refractivity contribution in [1.82, 2.24) is 9.29 Å². The molecule has 23 heavy (non-hydrogen) atoms. The predicted molar refractivity (Wildman–Crippen MR) is 80.8 cm³/mol. The molecule has 0 amide bonds. The largest absolute Gasteiger partial charge is 0.417 e. The summed E-state index contributed by atoms with van der Waals surface area (Å²) in [4.78, 5) is 13.4. The maximum atomic E-state index is 13.1. The molecule has 3 rings (SSSR count). The summed E-state index contributed by atoms with van der Waals surface area (Å²) in [7, 11) is -3.85. The summed E-state index contributed by atoms with van der Waals surface area (Å²) in [6.07, 6.45) is -4.75. The molecular formula is C13H11F3N2O3S2. The summed E-state index contributed by atoms with van der Waals surface area (Å²) in [5, 5.41) is -0.343. The number of aromatic amines is 1. The monoisotopic (exact) mass is 364 g/mol. The zero-order valence-electron chi connectivity index (χ0n) is 11.6. The zero-order chi connectivity index (χ0) is 16.8. The Hall–Kier alpha value is -1.52. The van der Waals surface area contributed by atoms with Crippen LogP contribution >= 0.6 is 11.8 Å². The Bertz CT molecular complexity index is 916. The number of rotatable bonds is 2. The highest BCUT2D eigenvalue weighted by molar-refractivity contribution is 8.00. The van der Waals surface area contributed by atoms with Gasteiger partial charge in [0.2, 0.25) is 15.6 Å². The number of alkyl halides is 3. The standard InChI is InChI=1S/C13H11F3N2O3S2/c14-13(15,16)10-6-12(19)17-11-2-1-8(5-9(10)11)23(20,21)18-3-4-22-7-18/h1-2,5-6H,3-4,7H2,(H,17,19). The average molecular weight is 364 g/mol. The minimum absolute atomic E-state index is 0.0560. The summed E-state index contributed by atoms with van der Waals surface area (Å²) in [6.45, 7) is 0.322. The van der Waals surface area contributed by atoms with E-state index in [-0.39, 0.29) is 21.7 Å². The van der Waals surface area contributed by atoms with E-state index in [0.717, 1.165) is 6.07 Å². The summed E-state index contributed by atoms with van der Waals surface area (Å²) in [5.41, 5.74) is -2.10. The molecule has 1 aliphatic heterocycles. The molecule has 5 nitrogen and oxygen atoms in total. The van der Waals surface area contributed by atoms with Gasteiger partial charge < -0.3 is 4.98 Å². The Labute approximate surface area is 133 Å². The van der Waals surface area contributed by atoms with Crippen molar-refractivity contribution in [1.29, 1.82) is 0 Å². The molecule has 1 saturated heterocycles. The maximum absolute atomic E-state index is 13.1. The lowest BCUT2D eigenvalue weighted by molar-refractivity contribution is -0.136. The van der Waals surface area contributed by atoms with Crippen LogP contribution in [0.5, 0.6) is 0 Å². The van der Waals surface area contributed by atoms with Crippen LogP contribution in [-0.4, -0.2) is 35.9 Å². The van der Waals surface area contributed by atoms with E-state index < -0.39 is 27.3 Å². The minimum atomic E-state index is -4.75. The van der Waals surface area contributed by atoms with Gasteiger partial charge in [0, 0.05) is 29.3 Å². The highest BCUT2D eigenvalue weighted by Crippen LogP contribution is 2.34. The van der Waals surface area contributed by atoms with Crippen LogP contribution in [0.3, 0.4) is 0 Å². The van der Waals surface area contributed by atoms with Crippen LogP contribution in [0.15, 0.2) is 34.0 Å². The first-order valence-corrected chi connectivity index (χ1v) is 9.11. The maximum Gasteiger partial charge on any atom is 0.417 e. The summed E-state index contributed by atoms with van der Waals surface area (Å²) >= 11 is 1.44. The Morgan fingerprint density at radius 3 is 2.57 bits per heavy atom. The van der Waals surface area contributed by atoms with Gasteiger partial charge in [0.05, 0.1) is 16.3 Å². The SMILES string of the molecule is O=c1cc(C(F)(F)F)c2cc(S(=O)(=O)N3CCSC3)ccc2[nH]1. The lowest BCUT2D eigenvalue weighted by atomic mass is 10.1. The van der Waals surface area contributed by atoms with E-state index in [1.54, 1.807) is 0 Å². The summed E-state index contributed by atoms with van der Waals surface area (Å²) in [5.74, 6) is 0.923. The first-order valence-electron chi connectivity index (χ1n) is 6.52. The Kier molecular flexibility index (Phi) is 3.93. The molecule has 2 heterocycles. The number of thioether (sulfide) groups is 1. The number of fused-ring (bicyclic) bond motifs is 1. The number of aromatic nitrogens is 1. The van der Waals surface area contributed by atoms with Crippen LogP contribution in [0.2, 0.25) is 0 Å². The van der Waals surface area contributed by atoms with Gasteiger partial charge >= 0.3 is 6.18 Å². The number of nitrogens with one attached hydrogen (secondary N) is 1. The molecule has 0 atom stereocenters. The normalized spacial score (nSPS) is 17.0. The third kappa shape index (κ3) is 2.98. The van der Waals surface area contributed by atoms with E-state index in [4.69, 9.17) is 0 Å². The third-order valence-electron chi connectivity index (χ3n) is 3.48. The van der Waals surface area contributed by atoms with Crippen molar-refractivity contribution in [2.24, 2.45) is 0 Å². The number of halogens is 3. The molecule has 0 spiro atoms. The Balaban J connectivity index is 2.22. The van der Waals surface area contributed by atoms with Gasteiger partial charge in [0.15, 0.2) is 0 Å². The lowest BCUT2D eigenvalue weighted by Crippen LogP contribution is -2.28. The Morgan fingerprint density at radius 1 is 1.22 bits per heavy atom. The number of benzene rings is 1. The first-order chi connectivity index (χ1) is 10.7. The average Bonchev–Trinajstić information content (AvgIpc) is 2.99. The number of sulfonamides is 1. The lowest BCUT2D eigenvalue weighted by Gasteiger charge is -2.16. The molecule has 2 aromatic rings. The molecule has 0 radical (unpaired) electrons. The molecule has 1 aliphatic rings. The molecule has 1 aromatic heterocycles. The number of nitrogens with zero attached hydrogens (tertiary/aromatic N) is 1. The van der Waals surface area contributed by atoms with Gasteiger partial charge in [-0.2, -0.15) is 17.5 Å². The van der Waals surface area contributed by atoms with Gasteiger partial charge in [0.25, 0.3) is 0 Å². The molecule has 1 N–H and O–H groups in total. The molecule has 0 bridgehead atoms. The topological polar surface area (TPSA) is 70.2 Å². The minimum Gasteiger partial charge on any atom is -0.322 e. The molecule has 0 aliphatic carbocycles. The van der Waals surface area contributed by atoms with Crippen molar-refractivity contribution in [3.63, 3.8) is 0 Å². The fraction of sp³-hybridized carbons (Fsp3) is 0.308. The van der Waals surface area contributed by atoms with Crippen LogP contribution in [0, 0.1) is 0 Å². The third-order valence-corrected chi connectivity index (χ3v) is 6.45. The van der Waals surface area contributed by atoms with E-state index in [1.165, 1.54) is 28.2 Å². The first kappa shape index (κ1) is 16.3. The van der Waals surface area contributed by atoms with Crippen LogP contribution < -0.4 is 5.56 Å². The van der Waals surface area contributed by atoms with Crippen molar-refractivity contribution in [2.45, 2.75) is 11.1 Å². The van der Waals surface area contributed by atoms with Crippen LogP contribution in [0.4, 0.5) is 13.2 Å². The van der Waals surface area contributed by atoms with Gasteiger partial charge in [-0.3, -0.25) is 4.79 Å². The van der Waals surface area contributed by atoms with Gasteiger partial charge in [-0.25, -0.2) is 8.42 Å². The molecule has 0 saturated carbocycles. The Morgan fingerprint density at radius 2 is 1.96 bits per heavy atom. The molecule has 124 valence electrons. The van der Waals surface area contributed by atoms with E-state index in [0.29, 0.717) is 18.4 Å². The quantitative estimate of drug-likeness (QED) is 0.887. The highest BCUT2D eigenvalue weighted by atomic mass is 32.2. The van der Waals surface area contributed by atoms with E-state index in [2.05, 4.69) is 4.98 Å². The van der Waals surface area contributed by atoms with Gasteiger partial charge in [-0.05, 0) is 18.2 Å². The van der Waals surface area contributed by atoms with Crippen molar-refractivity contribution in [3.8, 4) is 0 Å². The van der Waals surface area contributed by atoms with E-state index in [9.17, 15) is 26.4 Å². The fourth-order valence-electron chi connectivity index (χ4n) is 2.36. The number of hydrogen-bond acceptors (Lipinski definition) is 4. The van der Waals surface area contributed by atoms with Crippen molar-refractivity contribution >= 4 is 32.7 Å². The second-order valence-electron chi connectivity index (χ2n) is 4.97. The predicted octanol–water partition coefficient (Wildman–Crippen LogP) is 2.24. The number of H-pyrrole nitrogens is 1. The molecule has 0 unspecified atom stereocenters. The van der Waals surface area contributed by atoms with Gasteiger partial charge in [-0.15, -0.1) is 11.8 Å². The molecular weight excluding hydrogens is 353 g/mol. The van der Waals surface area contributed by atoms with Crippen molar-refractivity contribution in [2.75, 3.05) is 18.2 Å². The molecule has 1 fully saturated rings. The van der Waals surface area contributed by atoms with Gasteiger partial charge in [0.1, 0.15) is 0 Å². The number of pyridine rings is 1. The second kappa shape index (κ2) is 5.53. The zero-order valence-corrected chi connectivity index (χ0v) is 13.2. The van der Waals surface area contributed by atoms with E-state index in [1.807, 2.05) is 0 Å².